The summed E-state index contributed by atoms with van der Waals surface area (Å²) >= 11 is 6.33. The summed E-state index contributed by atoms with van der Waals surface area (Å²) in [5, 5.41) is 4.77. The van der Waals surface area contributed by atoms with Gasteiger partial charge < -0.3 is 14.9 Å². The number of hydrogen-bond acceptors (Lipinski definition) is 4. The van der Waals surface area contributed by atoms with Crippen LogP contribution in [0.4, 0.5) is 0 Å². The van der Waals surface area contributed by atoms with Gasteiger partial charge in [-0.25, -0.2) is 0 Å². The van der Waals surface area contributed by atoms with Crippen LogP contribution in [0.1, 0.15) is 31.4 Å². The van der Waals surface area contributed by atoms with Gasteiger partial charge >= 0.3 is 0 Å². The fraction of sp³-hybridized carbons (Fsp3) is 0.316. The van der Waals surface area contributed by atoms with Crippen LogP contribution in [0.5, 0.6) is 11.5 Å². The zero-order valence-corrected chi connectivity index (χ0v) is 14.8. The second-order valence-corrected chi connectivity index (χ2v) is 5.60. The SMILES string of the molecule is CCCOc1c(Cl)cc(C=NNCc2ccccc2)cc1OCC. The van der Waals surface area contributed by atoms with Crippen molar-refractivity contribution in [3.8, 4) is 11.5 Å². The maximum Gasteiger partial charge on any atom is 0.179 e. The van der Waals surface area contributed by atoms with Crippen LogP contribution in [-0.4, -0.2) is 19.4 Å². The molecule has 128 valence electrons. The Morgan fingerprint density at radius 3 is 2.62 bits per heavy atom. The predicted octanol–water partition coefficient (Wildman–Crippen LogP) is 4.65. The first kappa shape index (κ1) is 18.1. The molecular formula is C19H23ClN2O2. The first-order valence-corrected chi connectivity index (χ1v) is 8.51. The number of hydrogen-bond donors (Lipinski definition) is 1. The Morgan fingerprint density at radius 2 is 1.92 bits per heavy atom. The molecule has 0 amide bonds. The Kier molecular flexibility index (Phi) is 7.43. The standard InChI is InChI=1S/C19H23ClN2O2/c1-3-10-24-19-17(20)11-16(12-18(19)23-4-2)14-22-21-13-15-8-6-5-7-9-15/h5-9,11-12,14,21H,3-4,10,13H2,1-2H3. The molecule has 0 saturated heterocycles. The largest absolute Gasteiger partial charge is 0.490 e. The number of nitrogens with one attached hydrogen (secondary N) is 1. The van der Waals surface area contributed by atoms with Gasteiger partial charge in [-0.3, -0.25) is 0 Å². The zero-order valence-electron chi connectivity index (χ0n) is 14.1. The highest BCUT2D eigenvalue weighted by Gasteiger charge is 2.11. The van der Waals surface area contributed by atoms with Crippen LogP contribution in [0.2, 0.25) is 5.02 Å². The van der Waals surface area contributed by atoms with Gasteiger partial charge in [0.05, 0.1) is 31.0 Å². The van der Waals surface area contributed by atoms with Gasteiger partial charge in [-0.15, -0.1) is 0 Å². The molecule has 0 aliphatic rings. The van der Waals surface area contributed by atoms with Gasteiger partial charge in [0, 0.05) is 0 Å². The van der Waals surface area contributed by atoms with E-state index in [9.17, 15) is 0 Å². The summed E-state index contributed by atoms with van der Waals surface area (Å²) in [7, 11) is 0. The molecule has 5 heteroatoms. The minimum Gasteiger partial charge on any atom is -0.490 e. The van der Waals surface area contributed by atoms with E-state index >= 15 is 0 Å². The normalized spacial score (nSPS) is 10.8. The van der Waals surface area contributed by atoms with Crippen LogP contribution in [0.3, 0.4) is 0 Å². The van der Waals surface area contributed by atoms with Crippen LogP contribution in [-0.2, 0) is 6.54 Å². The molecule has 0 aromatic heterocycles. The van der Waals surface area contributed by atoms with Gasteiger partial charge in [0.2, 0.25) is 0 Å². The number of ether oxygens (including phenoxy) is 2. The summed E-state index contributed by atoms with van der Waals surface area (Å²) in [5.41, 5.74) is 5.05. The van der Waals surface area contributed by atoms with Gasteiger partial charge in [0.15, 0.2) is 11.5 Å². The zero-order chi connectivity index (χ0) is 17.2. The second kappa shape index (κ2) is 9.83. The van der Waals surface area contributed by atoms with E-state index in [1.165, 1.54) is 5.56 Å². The van der Waals surface area contributed by atoms with E-state index in [-0.39, 0.29) is 0 Å². The molecule has 0 saturated carbocycles. The number of hydrazone groups is 1. The lowest BCUT2D eigenvalue weighted by atomic mass is 10.2. The Morgan fingerprint density at radius 1 is 1.12 bits per heavy atom. The molecule has 0 spiro atoms. The first-order valence-electron chi connectivity index (χ1n) is 8.13. The molecular weight excluding hydrogens is 324 g/mol. The molecule has 0 aliphatic heterocycles. The van der Waals surface area contributed by atoms with Crippen molar-refractivity contribution in [2.75, 3.05) is 13.2 Å². The summed E-state index contributed by atoms with van der Waals surface area (Å²) in [6.07, 6.45) is 2.63. The maximum atomic E-state index is 6.33. The van der Waals surface area contributed by atoms with Gasteiger partial charge in [-0.2, -0.15) is 5.10 Å². The van der Waals surface area contributed by atoms with Gasteiger partial charge in [0.25, 0.3) is 0 Å². The third-order valence-electron chi connectivity index (χ3n) is 3.21. The number of halogens is 1. The van der Waals surface area contributed by atoms with Crippen LogP contribution in [0.15, 0.2) is 47.6 Å². The van der Waals surface area contributed by atoms with Gasteiger partial charge in [-0.1, -0.05) is 48.9 Å². The average Bonchev–Trinajstić information content (AvgIpc) is 2.59. The quantitative estimate of drug-likeness (QED) is 0.531. The molecule has 2 rings (SSSR count). The molecule has 0 radical (unpaired) electrons. The molecule has 1 N–H and O–H groups in total. The van der Waals surface area contributed by atoms with Crippen molar-refractivity contribution >= 4 is 17.8 Å². The summed E-state index contributed by atoms with van der Waals surface area (Å²) in [5.74, 6) is 1.23. The minimum atomic E-state index is 0.527. The topological polar surface area (TPSA) is 42.8 Å². The Balaban J connectivity index is 2.05. The molecule has 2 aromatic carbocycles. The molecule has 0 unspecified atom stereocenters. The van der Waals surface area contributed by atoms with E-state index < -0.39 is 0 Å². The molecule has 0 atom stereocenters. The fourth-order valence-electron chi connectivity index (χ4n) is 2.12. The smallest absolute Gasteiger partial charge is 0.179 e. The monoisotopic (exact) mass is 346 g/mol. The van der Waals surface area contributed by atoms with E-state index in [2.05, 4.69) is 10.5 Å². The van der Waals surface area contributed by atoms with Crippen LogP contribution in [0.25, 0.3) is 0 Å². The van der Waals surface area contributed by atoms with Crippen molar-refractivity contribution in [1.82, 2.24) is 5.43 Å². The summed E-state index contributed by atoms with van der Waals surface area (Å²) in [4.78, 5) is 0. The molecule has 2 aromatic rings. The Hall–Kier alpha value is -2.20. The van der Waals surface area contributed by atoms with Gasteiger partial charge in [0.1, 0.15) is 0 Å². The molecule has 0 heterocycles. The molecule has 24 heavy (non-hydrogen) atoms. The van der Waals surface area contributed by atoms with Crippen LogP contribution >= 0.6 is 11.6 Å². The van der Waals surface area contributed by atoms with Gasteiger partial charge in [-0.05, 0) is 36.6 Å². The van der Waals surface area contributed by atoms with Crippen molar-refractivity contribution < 1.29 is 9.47 Å². The van der Waals surface area contributed by atoms with Crippen molar-refractivity contribution in [3.05, 3.63) is 58.6 Å². The number of nitrogens with zero attached hydrogens (tertiary/aromatic N) is 1. The molecule has 0 aliphatic carbocycles. The van der Waals surface area contributed by atoms with Crippen LogP contribution < -0.4 is 14.9 Å². The van der Waals surface area contributed by atoms with E-state index in [1.807, 2.05) is 56.3 Å². The first-order chi connectivity index (χ1) is 11.7. The maximum absolute atomic E-state index is 6.33. The Labute approximate surface area is 148 Å². The van der Waals surface area contributed by atoms with Crippen molar-refractivity contribution in [1.29, 1.82) is 0 Å². The van der Waals surface area contributed by atoms with E-state index in [0.29, 0.717) is 36.3 Å². The lowest BCUT2D eigenvalue weighted by Crippen LogP contribution is -2.05. The number of benzene rings is 2. The van der Waals surface area contributed by atoms with E-state index in [0.717, 1.165) is 12.0 Å². The third-order valence-corrected chi connectivity index (χ3v) is 3.49. The average molecular weight is 347 g/mol. The molecule has 0 fully saturated rings. The fourth-order valence-corrected chi connectivity index (χ4v) is 2.40. The van der Waals surface area contributed by atoms with E-state index in [1.54, 1.807) is 6.21 Å². The molecule has 4 nitrogen and oxygen atoms in total. The highest BCUT2D eigenvalue weighted by molar-refractivity contribution is 6.32. The van der Waals surface area contributed by atoms with Crippen molar-refractivity contribution in [2.24, 2.45) is 5.10 Å². The number of rotatable bonds is 9. The summed E-state index contributed by atoms with van der Waals surface area (Å²) < 4.78 is 11.3. The lowest BCUT2D eigenvalue weighted by molar-refractivity contribution is 0.277. The van der Waals surface area contributed by atoms with Crippen molar-refractivity contribution in [3.63, 3.8) is 0 Å². The minimum absolute atomic E-state index is 0.527. The highest BCUT2D eigenvalue weighted by atomic mass is 35.5. The predicted molar refractivity (Wildman–Crippen MR) is 99.3 cm³/mol. The highest BCUT2D eigenvalue weighted by Crippen LogP contribution is 2.36. The molecule has 0 bridgehead atoms. The van der Waals surface area contributed by atoms with Crippen molar-refractivity contribution in [2.45, 2.75) is 26.8 Å². The Bertz CT molecular complexity index is 660. The summed E-state index contributed by atoms with van der Waals surface area (Å²) in [6, 6.07) is 13.8. The van der Waals surface area contributed by atoms with E-state index in [4.69, 9.17) is 21.1 Å². The second-order valence-electron chi connectivity index (χ2n) is 5.19. The lowest BCUT2D eigenvalue weighted by Gasteiger charge is -2.13. The third kappa shape index (κ3) is 5.46. The summed E-state index contributed by atoms with van der Waals surface area (Å²) in [6.45, 7) is 5.80. The van der Waals surface area contributed by atoms with Crippen LogP contribution in [0, 0.1) is 0 Å².